The van der Waals surface area contributed by atoms with Gasteiger partial charge in [0.05, 0.1) is 0 Å². The minimum Gasteiger partial charge on any atom is -0.461 e. The zero-order chi connectivity index (χ0) is 15.7. The Morgan fingerprint density at radius 1 is 1.29 bits per heavy atom. The summed E-state index contributed by atoms with van der Waals surface area (Å²) in [4.78, 5) is 14.1. The minimum absolute atomic E-state index is 0.262. The number of esters is 1. The molecule has 0 aromatic carbocycles. The van der Waals surface area contributed by atoms with Crippen molar-refractivity contribution >= 4 is 5.97 Å². The summed E-state index contributed by atoms with van der Waals surface area (Å²) < 4.78 is 5.32. The quantitative estimate of drug-likeness (QED) is 0.468. The van der Waals surface area contributed by atoms with Gasteiger partial charge in [-0.2, -0.15) is 0 Å². The second-order valence-corrected chi connectivity index (χ2v) is 6.30. The highest BCUT2D eigenvalue weighted by atomic mass is 16.5. The highest BCUT2D eigenvalue weighted by molar-refractivity contribution is 5.86. The first kappa shape index (κ1) is 18.2. The van der Waals surface area contributed by atoms with Crippen molar-refractivity contribution < 1.29 is 9.53 Å². The zero-order valence-electron chi connectivity index (χ0n) is 14.2. The summed E-state index contributed by atoms with van der Waals surface area (Å²) in [5.74, 6) is -0.262. The first-order valence-corrected chi connectivity index (χ1v) is 8.68. The number of carbonyl (C=O) groups is 1. The maximum Gasteiger partial charge on any atom is 0.333 e. The molecule has 0 aliphatic heterocycles. The Morgan fingerprint density at radius 3 is 2.48 bits per heavy atom. The van der Waals surface area contributed by atoms with Crippen molar-refractivity contribution in [1.82, 2.24) is 4.90 Å². The van der Waals surface area contributed by atoms with E-state index in [4.69, 9.17) is 4.74 Å². The van der Waals surface area contributed by atoms with E-state index in [1.807, 2.05) is 0 Å². The lowest BCUT2D eigenvalue weighted by atomic mass is 9.92. The van der Waals surface area contributed by atoms with Gasteiger partial charge in [-0.1, -0.05) is 46.1 Å². The maximum atomic E-state index is 11.5. The highest BCUT2D eigenvalue weighted by Crippen LogP contribution is 2.26. The van der Waals surface area contributed by atoms with Crippen molar-refractivity contribution in [3.05, 3.63) is 12.2 Å². The molecule has 3 heteroatoms. The topological polar surface area (TPSA) is 29.5 Å². The Balaban J connectivity index is 2.57. The molecular formula is C18H33NO2. The molecule has 0 spiro atoms. The van der Waals surface area contributed by atoms with Crippen molar-refractivity contribution in [2.45, 2.75) is 84.2 Å². The molecule has 21 heavy (non-hydrogen) atoms. The van der Waals surface area contributed by atoms with Crippen LogP contribution in [0.1, 0.15) is 72.1 Å². The standard InChI is InChI=1S/C18H33NO2/c1-5-10-16(6-2)19(17-11-8-7-9-12-17)13-14-21-18(20)15(3)4/h16-17H,3,5-14H2,1-2,4H3. The van der Waals surface area contributed by atoms with E-state index in [0.29, 0.717) is 24.3 Å². The number of ether oxygens (including phenoxy) is 1. The number of hydrogen-bond acceptors (Lipinski definition) is 3. The normalized spacial score (nSPS) is 17.7. The molecule has 3 nitrogen and oxygen atoms in total. The molecule has 1 atom stereocenters. The molecule has 122 valence electrons. The summed E-state index contributed by atoms with van der Waals surface area (Å²) in [6, 6.07) is 1.31. The molecule has 1 unspecified atom stereocenters. The zero-order valence-corrected chi connectivity index (χ0v) is 14.2. The van der Waals surface area contributed by atoms with Gasteiger partial charge in [-0.3, -0.25) is 4.90 Å². The van der Waals surface area contributed by atoms with Gasteiger partial charge in [0.2, 0.25) is 0 Å². The van der Waals surface area contributed by atoms with Crippen LogP contribution in [-0.2, 0) is 9.53 Å². The van der Waals surface area contributed by atoms with Crippen LogP contribution < -0.4 is 0 Å². The average molecular weight is 295 g/mol. The predicted molar refractivity (Wildman–Crippen MR) is 88.3 cm³/mol. The van der Waals surface area contributed by atoms with Crippen molar-refractivity contribution in [2.75, 3.05) is 13.2 Å². The van der Waals surface area contributed by atoms with E-state index in [0.717, 1.165) is 6.54 Å². The van der Waals surface area contributed by atoms with Gasteiger partial charge in [-0.15, -0.1) is 0 Å². The van der Waals surface area contributed by atoms with Gasteiger partial charge in [0.15, 0.2) is 0 Å². The van der Waals surface area contributed by atoms with Crippen LogP contribution in [0.5, 0.6) is 0 Å². The van der Waals surface area contributed by atoms with E-state index < -0.39 is 0 Å². The minimum atomic E-state index is -0.262. The Morgan fingerprint density at radius 2 is 1.95 bits per heavy atom. The van der Waals surface area contributed by atoms with Crippen LogP contribution in [0.4, 0.5) is 0 Å². The molecule has 0 amide bonds. The molecule has 1 saturated carbocycles. The summed E-state index contributed by atoms with van der Waals surface area (Å²) in [6.07, 6.45) is 10.3. The number of rotatable bonds is 9. The van der Waals surface area contributed by atoms with Crippen LogP contribution in [0.2, 0.25) is 0 Å². The molecular weight excluding hydrogens is 262 g/mol. The van der Waals surface area contributed by atoms with E-state index >= 15 is 0 Å². The number of carbonyl (C=O) groups excluding carboxylic acids is 1. The second-order valence-electron chi connectivity index (χ2n) is 6.30. The van der Waals surface area contributed by atoms with Gasteiger partial charge in [0.25, 0.3) is 0 Å². The lowest BCUT2D eigenvalue weighted by Gasteiger charge is -2.39. The third-order valence-electron chi connectivity index (χ3n) is 4.54. The molecule has 0 saturated heterocycles. The molecule has 0 aromatic heterocycles. The number of hydrogen-bond donors (Lipinski definition) is 0. The monoisotopic (exact) mass is 295 g/mol. The van der Waals surface area contributed by atoms with Crippen LogP contribution >= 0.6 is 0 Å². The average Bonchev–Trinajstić information content (AvgIpc) is 2.50. The van der Waals surface area contributed by atoms with Crippen LogP contribution in [-0.4, -0.2) is 36.1 Å². The molecule has 1 aliphatic rings. The molecule has 1 aliphatic carbocycles. The van der Waals surface area contributed by atoms with Crippen molar-refractivity contribution in [3.63, 3.8) is 0 Å². The SMILES string of the molecule is C=C(C)C(=O)OCCN(C(CC)CCC)C1CCCCC1. The molecule has 0 radical (unpaired) electrons. The van der Waals surface area contributed by atoms with Crippen molar-refractivity contribution in [3.8, 4) is 0 Å². The Hall–Kier alpha value is -0.830. The van der Waals surface area contributed by atoms with Crippen LogP contribution in [0.3, 0.4) is 0 Å². The Labute approximate surface area is 130 Å². The lowest BCUT2D eigenvalue weighted by molar-refractivity contribution is -0.139. The first-order valence-electron chi connectivity index (χ1n) is 8.68. The second kappa shape index (κ2) is 9.99. The third kappa shape index (κ3) is 6.21. The van der Waals surface area contributed by atoms with Gasteiger partial charge in [-0.05, 0) is 32.6 Å². The van der Waals surface area contributed by atoms with Crippen LogP contribution in [0.15, 0.2) is 12.2 Å². The molecule has 0 bridgehead atoms. The molecule has 0 heterocycles. The fourth-order valence-electron chi connectivity index (χ4n) is 3.38. The largest absolute Gasteiger partial charge is 0.461 e. The smallest absolute Gasteiger partial charge is 0.333 e. The number of nitrogens with zero attached hydrogens (tertiary/aromatic N) is 1. The molecule has 0 N–H and O–H groups in total. The van der Waals surface area contributed by atoms with E-state index in [1.165, 1.54) is 51.4 Å². The Kier molecular flexibility index (Phi) is 8.67. The highest BCUT2D eigenvalue weighted by Gasteiger charge is 2.26. The summed E-state index contributed by atoms with van der Waals surface area (Å²) in [5.41, 5.74) is 0.486. The molecule has 0 aromatic rings. The van der Waals surface area contributed by atoms with E-state index in [-0.39, 0.29) is 5.97 Å². The maximum absolute atomic E-state index is 11.5. The fourth-order valence-corrected chi connectivity index (χ4v) is 3.38. The van der Waals surface area contributed by atoms with Crippen LogP contribution in [0.25, 0.3) is 0 Å². The van der Waals surface area contributed by atoms with Gasteiger partial charge >= 0.3 is 5.97 Å². The Bertz CT molecular complexity index is 316. The van der Waals surface area contributed by atoms with Gasteiger partial charge in [0, 0.05) is 24.2 Å². The predicted octanol–water partition coefficient (Wildman–Crippen LogP) is 4.32. The molecule has 1 fully saturated rings. The van der Waals surface area contributed by atoms with E-state index in [2.05, 4.69) is 25.3 Å². The summed E-state index contributed by atoms with van der Waals surface area (Å²) in [7, 11) is 0. The van der Waals surface area contributed by atoms with Crippen molar-refractivity contribution in [2.24, 2.45) is 0 Å². The summed E-state index contributed by atoms with van der Waals surface area (Å²) >= 11 is 0. The summed E-state index contributed by atoms with van der Waals surface area (Å²) in [5, 5.41) is 0. The first-order chi connectivity index (χ1) is 10.1. The summed E-state index contributed by atoms with van der Waals surface area (Å²) in [6.45, 7) is 11.2. The van der Waals surface area contributed by atoms with Crippen molar-refractivity contribution in [1.29, 1.82) is 0 Å². The van der Waals surface area contributed by atoms with Gasteiger partial charge in [0.1, 0.15) is 6.61 Å². The van der Waals surface area contributed by atoms with E-state index in [1.54, 1.807) is 6.92 Å². The van der Waals surface area contributed by atoms with Gasteiger partial charge < -0.3 is 4.74 Å². The fraction of sp³-hybridized carbons (Fsp3) is 0.833. The van der Waals surface area contributed by atoms with Crippen LogP contribution in [0, 0.1) is 0 Å². The van der Waals surface area contributed by atoms with Gasteiger partial charge in [-0.25, -0.2) is 4.79 Å². The third-order valence-corrected chi connectivity index (χ3v) is 4.54. The lowest BCUT2D eigenvalue weighted by Crippen LogP contribution is -2.45. The van der Waals surface area contributed by atoms with E-state index in [9.17, 15) is 4.79 Å². The molecule has 1 rings (SSSR count).